The Morgan fingerprint density at radius 3 is 2.29 bits per heavy atom. The van der Waals surface area contributed by atoms with Gasteiger partial charge in [-0.15, -0.1) is 0 Å². The number of halogens is 2. The SMILES string of the molecule is Cc1ccc(Cl)cc1NC(=O)c1ccc(NC2=C(Cl)C(=O)N(c3cccc(C(=O)OC(C)C)c3)C2=O)cc1. The maximum Gasteiger partial charge on any atom is 0.338 e. The molecule has 1 aliphatic heterocycles. The smallest absolute Gasteiger partial charge is 0.338 e. The zero-order valence-corrected chi connectivity index (χ0v) is 22.2. The van der Waals surface area contributed by atoms with E-state index in [2.05, 4.69) is 10.6 Å². The van der Waals surface area contributed by atoms with E-state index in [4.69, 9.17) is 27.9 Å². The highest BCUT2D eigenvalue weighted by atomic mass is 35.5. The molecule has 0 aliphatic carbocycles. The van der Waals surface area contributed by atoms with Gasteiger partial charge in [0.2, 0.25) is 0 Å². The molecular weight excluding hydrogens is 529 g/mol. The third-order valence-corrected chi connectivity index (χ3v) is 6.16. The van der Waals surface area contributed by atoms with E-state index >= 15 is 0 Å². The summed E-state index contributed by atoms with van der Waals surface area (Å²) < 4.78 is 5.19. The molecule has 1 aliphatic rings. The Bertz CT molecular complexity index is 1480. The number of benzene rings is 3. The third kappa shape index (κ3) is 5.72. The summed E-state index contributed by atoms with van der Waals surface area (Å²) in [6.45, 7) is 5.29. The standard InChI is InChI=1S/C28H23Cl2N3O5/c1-15(2)38-28(37)18-5-4-6-21(13-18)33-26(35)23(30)24(27(33)36)31-20-11-8-17(9-12-20)25(34)32-22-14-19(29)10-7-16(22)3/h4-15,31H,1-3H3,(H,32,34). The van der Waals surface area contributed by atoms with Crippen molar-refractivity contribution in [1.29, 1.82) is 0 Å². The number of hydrogen-bond donors (Lipinski definition) is 2. The van der Waals surface area contributed by atoms with Gasteiger partial charge >= 0.3 is 5.97 Å². The normalized spacial score (nSPS) is 13.3. The lowest BCUT2D eigenvalue weighted by Crippen LogP contribution is -2.32. The van der Waals surface area contributed by atoms with Crippen molar-refractivity contribution in [3.63, 3.8) is 0 Å². The van der Waals surface area contributed by atoms with Gasteiger partial charge in [0.15, 0.2) is 0 Å². The molecule has 0 fully saturated rings. The Kier molecular flexibility index (Phi) is 7.85. The summed E-state index contributed by atoms with van der Waals surface area (Å²) in [5.74, 6) is -2.34. The number of amides is 3. The molecule has 0 bridgehead atoms. The fourth-order valence-electron chi connectivity index (χ4n) is 3.67. The van der Waals surface area contributed by atoms with Gasteiger partial charge in [0.05, 0.1) is 17.4 Å². The Hall–Kier alpha value is -4.14. The first-order valence-electron chi connectivity index (χ1n) is 11.6. The van der Waals surface area contributed by atoms with Crippen LogP contribution < -0.4 is 15.5 Å². The summed E-state index contributed by atoms with van der Waals surface area (Å²) in [6.07, 6.45) is -0.327. The molecule has 3 amide bonds. The van der Waals surface area contributed by atoms with Gasteiger partial charge in [-0.05, 0) is 80.9 Å². The number of rotatable bonds is 7. The van der Waals surface area contributed by atoms with Crippen LogP contribution in [0.5, 0.6) is 0 Å². The van der Waals surface area contributed by atoms with Crippen molar-refractivity contribution in [2.75, 3.05) is 15.5 Å². The van der Waals surface area contributed by atoms with Gasteiger partial charge in [0, 0.05) is 22.0 Å². The molecule has 0 atom stereocenters. The van der Waals surface area contributed by atoms with Crippen molar-refractivity contribution in [2.24, 2.45) is 0 Å². The quantitative estimate of drug-likeness (QED) is 0.279. The number of anilines is 3. The minimum atomic E-state index is -0.735. The van der Waals surface area contributed by atoms with Gasteiger partial charge in [-0.25, -0.2) is 9.69 Å². The number of aryl methyl sites for hydroxylation is 1. The number of carbonyl (C=O) groups is 4. The largest absolute Gasteiger partial charge is 0.459 e. The van der Waals surface area contributed by atoms with E-state index in [0.29, 0.717) is 22.0 Å². The van der Waals surface area contributed by atoms with E-state index in [9.17, 15) is 19.2 Å². The van der Waals surface area contributed by atoms with Crippen molar-refractivity contribution >= 4 is 64.0 Å². The Morgan fingerprint density at radius 1 is 0.895 bits per heavy atom. The first kappa shape index (κ1) is 26.9. The molecule has 0 spiro atoms. The van der Waals surface area contributed by atoms with E-state index in [1.807, 2.05) is 6.92 Å². The van der Waals surface area contributed by atoms with Gasteiger partial charge in [-0.1, -0.05) is 35.3 Å². The molecule has 0 radical (unpaired) electrons. The minimum Gasteiger partial charge on any atom is -0.459 e. The number of nitrogens with zero attached hydrogens (tertiary/aromatic N) is 1. The Balaban J connectivity index is 1.48. The first-order valence-corrected chi connectivity index (χ1v) is 12.3. The summed E-state index contributed by atoms with van der Waals surface area (Å²) in [5, 5.41) is 5.88. The lowest BCUT2D eigenvalue weighted by Gasteiger charge is -2.16. The highest BCUT2D eigenvalue weighted by molar-refractivity contribution is 6.53. The molecule has 2 N–H and O–H groups in total. The predicted octanol–water partition coefficient (Wildman–Crippen LogP) is 5.90. The van der Waals surface area contributed by atoms with Crippen LogP contribution in [0.15, 0.2) is 77.5 Å². The van der Waals surface area contributed by atoms with E-state index in [1.165, 1.54) is 18.2 Å². The average Bonchev–Trinajstić information content (AvgIpc) is 3.09. The lowest BCUT2D eigenvalue weighted by molar-refractivity contribution is -0.120. The first-order chi connectivity index (χ1) is 18.0. The summed E-state index contributed by atoms with van der Waals surface area (Å²) in [4.78, 5) is 51.8. The van der Waals surface area contributed by atoms with Crippen LogP contribution in [0, 0.1) is 6.92 Å². The molecule has 194 valence electrons. The van der Waals surface area contributed by atoms with Crippen LogP contribution in [0.25, 0.3) is 0 Å². The zero-order chi connectivity index (χ0) is 27.6. The van der Waals surface area contributed by atoms with Crippen LogP contribution in [0.2, 0.25) is 5.02 Å². The molecule has 0 aromatic heterocycles. The maximum atomic E-state index is 13.1. The molecule has 0 saturated heterocycles. The van der Waals surface area contributed by atoms with Gasteiger partial charge in [-0.3, -0.25) is 14.4 Å². The molecule has 8 nitrogen and oxygen atoms in total. The molecule has 4 rings (SSSR count). The molecule has 10 heteroatoms. The minimum absolute atomic E-state index is 0.126. The van der Waals surface area contributed by atoms with E-state index in [1.54, 1.807) is 62.4 Å². The van der Waals surface area contributed by atoms with Gasteiger partial charge < -0.3 is 15.4 Å². The third-order valence-electron chi connectivity index (χ3n) is 5.57. The highest BCUT2D eigenvalue weighted by Gasteiger charge is 2.39. The van der Waals surface area contributed by atoms with E-state index < -0.39 is 17.8 Å². The van der Waals surface area contributed by atoms with E-state index in [0.717, 1.165) is 10.5 Å². The van der Waals surface area contributed by atoms with Crippen molar-refractivity contribution in [2.45, 2.75) is 26.9 Å². The monoisotopic (exact) mass is 551 g/mol. The summed E-state index contributed by atoms with van der Waals surface area (Å²) in [5.41, 5.74) is 2.50. The number of nitrogens with one attached hydrogen (secondary N) is 2. The highest BCUT2D eigenvalue weighted by Crippen LogP contribution is 2.31. The topological polar surface area (TPSA) is 105 Å². The van der Waals surface area contributed by atoms with Crippen molar-refractivity contribution < 1.29 is 23.9 Å². The summed E-state index contributed by atoms with van der Waals surface area (Å²) >= 11 is 12.2. The van der Waals surface area contributed by atoms with Crippen molar-refractivity contribution in [1.82, 2.24) is 0 Å². The number of carbonyl (C=O) groups excluding carboxylic acids is 4. The number of imide groups is 1. The van der Waals surface area contributed by atoms with Crippen LogP contribution >= 0.6 is 23.2 Å². The fourth-order valence-corrected chi connectivity index (χ4v) is 4.06. The van der Waals surface area contributed by atoms with Crippen LogP contribution in [-0.2, 0) is 14.3 Å². The number of esters is 1. The predicted molar refractivity (Wildman–Crippen MR) is 147 cm³/mol. The summed E-state index contributed by atoms with van der Waals surface area (Å²) in [7, 11) is 0. The number of ether oxygens (including phenoxy) is 1. The average molecular weight is 552 g/mol. The van der Waals surface area contributed by atoms with E-state index in [-0.39, 0.29) is 34.0 Å². The molecule has 38 heavy (non-hydrogen) atoms. The van der Waals surface area contributed by atoms with Crippen LogP contribution in [0.1, 0.15) is 40.1 Å². The molecule has 0 unspecified atom stereocenters. The van der Waals surface area contributed by atoms with Crippen molar-refractivity contribution in [3.8, 4) is 0 Å². The van der Waals surface area contributed by atoms with Crippen LogP contribution in [0.4, 0.5) is 17.1 Å². The molecule has 0 saturated carbocycles. The summed E-state index contributed by atoms with van der Waals surface area (Å²) in [6, 6.07) is 17.5. The number of hydrogen-bond acceptors (Lipinski definition) is 6. The fraction of sp³-hybridized carbons (Fsp3) is 0.143. The molecule has 3 aromatic carbocycles. The zero-order valence-electron chi connectivity index (χ0n) is 20.7. The lowest BCUT2D eigenvalue weighted by atomic mass is 10.1. The molecular formula is C28H23Cl2N3O5. The maximum absolute atomic E-state index is 13.1. The van der Waals surface area contributed by atoms with Gasteiger partial charge in [0.1, 0.15) is 10.7 Å². The van der Waals surface area contributed by atoms with Gasteiger partial charge in [-0.2, -0.15) is 0 Å². The Labute approximate surface area is 229 Å². The second kappa shape index (κ2) is 11.1. The van der Waals surface area contributed by atoms with Crippen LogP contribution in [0.3, 0.4) is 0 Å². The van der Waals surface area contributed by atoms with Crippen LogP contribution in [-0.4, -0.2) is 29.8 Å². The Morgan fingerprint density at radius 2 is 1.61 bits per heavy atom. The molecule has 3 aromatic rings. The van der Waals surface area contributed by atoms with Crippen molar-refractivity contribution in [3.05, 3.63) is 99.2 Å². The van der Waals surface area contributed by atoms with Gasteiger partial charge in [0.25, 0.3) is 17.7 Å². The second-order valence-corrected chi connectivity index (χ2v) is 9.57. The second-order valence-electron chi connectivity index (χ2n) is 8.75. The molecule has 1 heterocycles.